The van der Waals surface area contributed by atoms with E-state index in [1.165, 1.54) is 6.07 Å². The van der Waals surface area contributed by atoms with Gasteiger partial charge < -0.3 is 14.6 Å². The summed E-state index contributed by atoms with van der Waals surface area (Å²) in [7, 11) is 0. The molecule has 5 heteroatoms. The fraction of sp³-hybridized carbons (Fsp3) is 0.600. The van der Waals surface area contributed by atoms with Crippen molar-refractivity contribution >= 4 is 11.6 Å². The minimum atomic E-state index is -0.101. The summed E-state index contributed by atoms with van der Waals surface area (Å²) in [6, 6.07) is 3.13. The predicted octanol–water partition coefficient (Wildman–Crippen LogP) is 2.01. The van der Waals surface area contributed by atoms with Crippen molar-refractivity contribution in [3.8, 4) is 0 Å². The van der Waals surface area contributed by atoms with E-state index in [-0.39, 0.29) is 23.5 Å². The third kappa shape index (κ3) is 3.28. The lowest BCUT2D eigenvalue weighted by Gasteiger charge is -2.30. The van der Waals surface area contributed by atoms with Crippen molar-refractivity contribution in [2.45, 2.75) is 45.8 Å². The molecule has 0 spiro atoms. The Kier molecular flexibility index (Phi) is 4.95. The molecule has 0 aliphatic carbocycles. The molecule has 1 saturated heterocycles. The van der Waals surface area contributed by atoms with Gasteiger partial charge in [-0.25, -0.2) is 0 Å². The van der Waals surface area contributed by atoms with E-state index in [1.54, 1.807) is 16.8 Å². The van der Waals surface area contributed by atoms with Crippen molar-refractivity contribution in [1.82, 2.24) is 4.57 Å². The van der Waals surface area contributed by atoms with Crippen LogP contribution >= 0.6 is 0 Å². The topological polar surface area (TPSA) is 60.3 Å². The average Bonchev–Trinajstić information content (AvgIpc) is 2.49. The second kappa shape index (κ2) is 6.70. The fourth-order valence-corrected chi connectivity index (χ4v) is 2.63. The standard InChI is InChI=1S/C15H22N2O3/c1-3-13-12(6-5-9-20-13)15(19)16-11-7-8-14(18)17(4-2)10-11/h7-8,10,12-13H,3-6,9H2,1-2H3,(H,16,19). The summed E-state index contributed by atoms with van der Waals surface area (Å²) in [6.45, 7) is 5.26. The van der Waals surface area contributed by atoms with Crippen LogP contribution < -0.4 is 10.9 Å². The summed E-state index contributed by atoms with van der Waals surface area (Å²) >= 11 is 0. The first-order chi connectivity index (χ1) is 9.65. The Bertz CT molecular complexity index is 524. The monoisotopic (exact) mass is 278 g/mol. The molecule has 0 saturated carbocycles. The molecule has 5 nitrogen and oxygen atoms in total. The first kappa shape index (κ1) is 14.8. The number of nitrogens with zero attached hydrogens (tertiary/aromatic N) is 1. The first-order valence-electron chi connectivity index (χ1n) is 7.28. The minimum absolute atomic E-state index is 0.000769. The Morgan fingerprint density at radius 1 is 1.45 bits per heavy atom. The first-order valence-corrected chi connectivity index (χ1v) is 7.28. The van der Waals surface area contributed by atoms with Crippen LogP contribution in [-0.4, -0.2) is 23.2 Å². The molecule has 20 heavy (non-hydrogen) atoms. The van der Waals surface area contributed by atoms with Gasteiger partial charge in [0.15, 0.2) is 0 Å². The molecule has 1 N–H and O–H groups in total. The van der Waals surface area contributed by atoms with E-state index in [1.807, 2.05) is 13.8 Å². The molecular formula is C15H22N2O3. The van der Waals surface area contributed by atoms with Crippen molar-refractivity contribution in [3.05, 3.63) is 28.7 Å². The van der Waals surface area contributed by atoms with Gasteiger partial charge >= 0.3 is 0 Å². The predicted molar refractivity (Wildman–Crippen MR) is 77.8 cm³/mol. The smallest absolute Gasteiger partial charge is 0.250 e. The molecule has 1 aromatic rings. The largest absolute Gasteiger partial charge is 0.377 e. The molecule has 2 atom stereocenters. The lowest BCUT2D eigenvalue weighted by molar-refractivity contribution is -0.129. The van der Waals surface area contributed by atoms with Crippen LogP contribution in [0, 0.1) is 5.92 Å². The van der Waals surface area contributed by atoms with E-state index >= 15 is 0 Å². The van der Waals surface area contributed by atoms with E-state index in [4.69, 9.17) is 4.74 Å². The number of aryl methyl sites for hydroxylation is 1. The van der Waals surface area contributed by atoms with Crippen molar-refractivity contribution < 1.29 is 9.53 Å². The maximum Gasteiger partial charge on any atom is 0.250 e. The zero-order chi connectivity index (χ0) is 14.5. The zero-order valence-electron chi connectivity index (χ0n) is 12.1. The quantitative estimate of drug-likeness (QED) is 0.916. The Balaban J connectivity index is 2.08. The second-order valence-corrected chi connectivity index (χ2v) is 5.10. The van der Waals surface area contributed by atoms with Crippen LogP contribution in [-0.2, 0) is 16.1 Å². The highest BCUT2D eigenvalue weighted by molar-refractivity contribution is 5.92. The van der Waals surface area contributed by atoms with E-state index in [0.29, 0.717) is 12.2 Å². The van der Waals surface area contributed by atoms with Crippen LogP contribution in [0.1, 0.15) is 33.1 Å². The highest BCUT2D eigenvalue weighted by Gasteiger charge is 2.30. The molecule has 0 radical (unpaired) electrons. The van der Waals surface area contributed by atoms with Gasteiger partial charge in [0.2, 0.25) is 5.91 Å². The zero-order valence-corrected chi connectivity index (χ0v) is 12.1. The van der Waals surface area contributed by atoms with Crippen molar-refractivity contribution in [1.29, 1.82) is 0 Å². The van der Waals surface area contributed by atoms with Gasteiger partial charge in [-0.05, 0) is 32.3 Å². The van der Waals surface area contributed by atoms with Gasteiger partial charge in [0.05, 0.1) is 17.7 Å². The Morgan fingerprint density at radius 3 is 2.95 bits per heavy atom. The average molecular weight is 278 g/mol. The molecule has 110 valence electrons. The van der Waals surface area contributed by atoms with Crippen molar-refractivity contribution in [2.75, 3.05) is 11.9 Å². The van der Waals surface area contributed by atoms with Gasteiger partial charge in [-0.3, -0.25) is 9.59 Å². The number of nitrogens with one attached hydrogen (secondary N) is 1. The summed E-state index contributed by atoms with van der Waals surface area (Å²) in [5.74, 6) is -0.117. The molecule has 2 heterocycles. The maximum atomic E-state index is 12.3. The third-order valence-electron chi connectivity index (χ3n) is 3.77. The van der Waals surface area contributed by atoms with Crippen molar-refractivity contribution in [3.63, 3.8) is 0 Å². The third-order valence-corrected chi connectivity index (χ3v) is 3.77. The van der Waals surface area contributed by atoms with Crippen LogP contribution in [0.15, 0.2) is 23.1 Å². The fourth-order valence-electron chi connectivity index (χ4n) is 2.63. The number of amides is 1. The van der Waals surface area contributed by atoms with Crippen molar-refractivity contribution in [2.24, 2.45) is 5.92 Å². The van der Waals surface area contributed by atoms with Crippen LogP contribution in [0.3, 0.4) is 0 Å². The van der Waals surface area contributed by atoms with E-state index in [9.17, 15) is 9.59 Å². The summed E-state index contributed by atoms with van der Waals surface area (Å²) in [4.78, 5) is 23.9. The lowest BCUT2D eigenvalue weighted by Crippen LogP contribution is -2.38. The van der Waals surface area contributed by atoms with Gasteiger partial charge in [0.25, 0.3) is 5.56 Å². The number of carbonyl (C=O) groups is 1. The molecular weight excluding hydrogens is 256 g/mol. The van der Waals surface area contributed by atoms with Crippen LogP contribution in [0.2, 0.25) is 0 Å². The second-order valence-electron chi connectivity index (χ2n) is 5.10. The molecule has 2 unspecified atom stereocenters. The normalized spacial score (nSPS) is 22.5. The highest BCUT2D eigenvalue weighted by Crippen LogP contribution is 2.24. The molecule has 2 rings (SSSR count). The SMILES string of the molecule is CCC1OCCCC1C(=O)Nc1ccc(=O)n(CC)c1. The van der Waals surface area contributed by atoms with Crippen LogP contribution in [0.25, 0.3) is 0 Å². The molecule has 1 aliphatic heterocycles. The molecule has 1 amide bonds. The van der Waals surface area contributed by atoms with Crippen LogP contribution in [0.4, 0.5) is 5.69 Å². The highest BCUT2D eigenvalue weighted by atomic mass is 16.5. The molecule has 0 bridgehead atoms. The number of hydrogen-bond donors (Lipinski definition) is 1. The number of ether oxygens (including phenoxy) is 1. The number of anilines is 1. The molecule has 1 aliphatic rings. The summed E-state index contributed by atoms with van der Waals surface area (Å²) < 4.78 is 7.22. The Labute approximate surface area is 118 Å². The van der Waals surface area contributed by atoms with Gasteiger partial charge in [0, 0.05) is 25.4 Å². The van der Waals surface area contributed by atoms with E-state index < -0.39 is 0 Å². The molecule has 1 aromatic heterocycles. The number of rotatable bonds is 4. The molecule has 0 aromatic carbocycles. The summed E-state index contributed by atoms with van der Waals surface area (Å²) in [5.41, 5.74) is 0.606. The van der Waals surface area contributed by atoms with E-state index in [0.717, 1.165) is 25.9 Å². The van der Waals surface area contributed by atoms with Gasteiger partial charge in [0.1, 0.15) is 0 Å². The van der Waals surface area contributed by atoms with E-state index in [2.05, 4.69) is 5.32 Å². The van der Waals surface area contributed by atoms with Gasteiger partial charge in [-0.2, -0.15) is 0 Å². The Morgan fingerprint density at radius 2 is 2.25 bits per heavy atom. The number of pyridine rings is 1. The molecule has 1 fully saturated rings. The number of hydrogen-bond acceptors (Lipinski definition) is 3. The summed E-state index contributed by atoms with van der Waals surface area (Å²) in [6.07, 6.45) is 4.30. The van der Waals surface area contributed by atoms with Crippen LogP contribution in [0.5, 0.6) is 0 Å². The maximum absolute atomic E-state index is 12.3. The van der Waals surface area contributed by atoms with Gasteiger partial charge in [-0.15, -0.1) is 0 Å². The number of aromatic nitrogens is 1. The van der Waals surface area contributed by atoms with Gasteiger partial charge in [-0.1, -0.05) is 6.92 Å². The summed E-state index contributed by atoms with van der Waals surface area (Å²) in [5, 5.41) is 2.90. The Hall–Kier alpha value is -1.62. The number of carbonyl (C=O) groups excluding carboxylic acids is 1. The lowest BCUT2D eigenvalue weighted by atomic mass is 9.92. The minimum Gasteiger partial charge on any atom is -0.377 e.